The van der Waals surface area contributed by atoms with Crippen LogP contribution in [-0.2, 0) is 14.8 Å². The average molecular weight is 455 g/mol. The van der Waals surface area contributed by atoms with E-state index in [0.29, 0.717) is 23.9 Å². The largest absolute Gasteiger partial charge is 0.369 e. The second-order valence-corrected chi connectivity index (χ2v) is 10.8. The number of amides is 2. The van der Waals surface area contributed by atoms with E-state index >= 15 is 0 Å². The highest BCUT2D eigenvalue weighted by molar-refractivity contribution is 8.01. The number of hydrogen-bond acceptors (Lipinski definition) is 7. The van der Waals surface area contributed by atoms with Crippen LogP contribution in [0.1, 0.15) is 35.3 Å². The van der Waals surface area contributed by atoms with Crippen LogP contribution in [-0.4, -0.2) is 48.4 Å². The van der Waals surface area contributed by atoms with E-state index in [1.54, 1.807) is 19.1 Å². The van der Waals surface area contributed by atoms with Crippen LogP contribution >= 0.6 is 23.1 Å². The third-order valence-electron chi connectivity index (χ3n) is 4.37. The Labute approximate surface area is 177 Å². The summed E-state index contributed by atoms with van der Waals surface area (Å²) in [6.07, 6.45) is 2.72. The number of piperidine rings is 1. The van der Waals surface area contributed by atoms with E-state index in [4.69, 9.17) is 5.73 Å². The van der Waals surface area contributed by atoms with Crippen LogP contribution < -0.4 is 11.1 Å². The zero-order valence-electron chi connectivity index (χ0n) is 15.9. The molecule has 2 amide bonds. The molecule has 0 bridgehead atoms. The minimum atomic E-state index is -3.62. The molecule has 3 rings (SSSR count). The van der Waals surface area contributed by atoms with Gasteiger partial charge in [0.1, 0.15) is 0 Å². The SMILES string of the molecule is Cc1nc(NC(=O)c2cccc(S(=O)(=O)N3CCCCC3)c2)sc1SCC(N)=O. The lowest BCUT2D eigenvalue weighted by molar-refractivity contribution is -0.115. The number of hydrogen-bond donors (Lipinski definition) is 2. The lowest BCUT2D eigenvalue weighted by Crippen LogP contribution is -2.35. The maximum atomic E-state index is 12.8. The predicted octanol–water partition coefficient (Wildman–Crippen LogP) is 2.46. The van der Waals surface area contributed by atoms with Crippen molar-refractivity contribution in [3.63, 3.8) is 0 Å². The molecule has 2 heterocycles. The molecule has 11 heteroatoms. The minimum absolute atomic E-state index is 0.111. The van der Waals surface area contributed by atoms with Gasteiger partial charge in [-0.25, -0.2) is 13.4 Å². The zero-order valence-corrected chi connectivity index (χ0v) is 18.3. The van der Waals surface area contributed by atoms with Crippen molar-refractivity contribution in [2.45, 2.75) is 35.3 Å². The number of rotatable bonds is 7. The van der Waals surface area contributed by atoms with Gasteiger partial charge in [-0.05, 0) is 38.0 Å². The average Bonchev–Trinajstić information content (AvgIpc) is 3.06. The van der Waals surface area contributed by atoms with Crippen molar-refractivity contribution >= 4 is 50.1 Å². The first-order valence-electron chi connectivity index (χ1n) is 9.07. The van der Waals surface area contributed by atoms with E-state index in [1.165, 1.54) is 39.5 Å². The Bertz CT molecular complexity index is 1010. The van der Waals surface area contributed by atoms with E-state index in [0.717, 1.165) is 23.5 Å². The van der Waals surface area contributed by atoms with Gasteiger partial charge >= 0.3 is 0 Å². The van der Waals surface area contributed by atoms with Crippen molar-refractivity contribution in [3.8, 4) is 0 Å². The molecular formula is C18H22N4O4S3. The molecule has 156 valence electrons. The molecule has 8 nitrogen and oxygen atoms in total. The maximum Gasteiger partial charge on any atom is 0.257 e. The molecule has 1 aliphatic rings. The molecule has 0 unspecified atom stereocenters. The fourth-order valence-corrected chi connectivity index (χ4v) is 6.36. The van der Waals surface area contributed by atoms with Crippen LogP contribution in [0.2, 0.25) is 0 Å². The first-order valence-corrected chi connectivity index (χ1v) is 12.3. The normalized spacial score (nSPS) is 15.2. The van der Waals surface area contributed by atoms with Crippen LogP contribution in [0.25, 0.3) is 0 Å². The lowest BCUT2D eigenvalue weighted by atomic mass is 10.2. The number of primary amides is 1. The molecule has 1 aromatic carbocycles. The molecule has 2 aromatic rings. The van der Waals surface area contributed by atoms with E-state index in [2.05, 4.69) is 10.3 Å². The van der Waals surface area contributed by atoms with Crippen molar-refractivity contribution < 1.29 is 18.0 Å². The Balaban J connectivity index is 1.74. The molecular weight excluding hydrogens is 432 g/mol. The fourth-order valence-electron chi connectivity index (χ4n) is 2.93. The quantitative estimate of drug-likeness (QED) is 0.620. The van der Waals surface area contributed by atoms with Gasteiger partial charge in [-0.3, -0.25) is 14.9 Å². The number of aryl methyl sites for hydroxylation is 1. The molecule has 29 heavy (non-hydrogen) atoms. The van der Waals surface area contributed by atoms with Gasteiger partial charge in [-0.2, -0.15) is 4.31 Å². The minimum Gasteiger partial charge on any atom is -0.369 e. The third-order valence-corrected chi connectivity index (χ3v) is 8.72. The van der Waals surface area contributed by atoms with Crippen molar-refractivity contribution in [2.24, 2.45) is 5.73 Å². The molecule has 1 saturated heterocycles. The van der Waals surface area contributed by atoms with E-state index in [1.807, 2.05) is 0 Å². The molecule has 0 atom stereocenters. The molecule has 3 N–H and O–H groups in total. The Kier molecular flexibility index (Phi) is 6.93. The second kappa shape index (κ2) is 9.24. The van der Waals surface area contributed by atoms with Gasteiger partial charge in [0.15, 0.2) is 5.13 Å². The Morgan fingerprint density at radius 2 is 2.00 bits per heavy atom. The number of sulfonamides is 1. The van der Waals surface area contributed by atoms with Gasteiger partial charge in [0.05, 0.1) is 20.6 Å². The number of aromatic nitrogens is 1. The van der Waals surface area contributed by atoms with Crippen LogP contribution in [0.15, 0.2) is 33.4 Å². The van der Waals surface area contributed by atoms with Gasteiger partial charge in [0, 0.05) is 18.7 Å². The number of nitrogens with one attached hydrogen (secondary N) is 1. The number of thioether (sulfide) groups is 1. The number of thiazole rings is 1. The topological polar surface area (TPSA) is 122 Å². The van der Waals surface area contributed by atoms with Gasteiger partial charge in [-0.15, -0.1) is 11.8 Å². The number of nitrogens with zero attached hydrogens (tertiary/aromatic N) is 2. The number of carbonyl (C=O) groups excluding carboxylic acids is 2. The summed E-state index contributed by atoms with van der Waals surface area (Å²) in [5.74, 6) is -0.742. The maximum absolute atomic E-state index is 12.8. The first-order chi connectivity index (χ1) is 13.8. The summed E-state index contributed by atoms with van der Waals surface area (Å²) in [5.41, 5.74) is 6.09. The number of anilines is 1. The summed E-state index contributed by atoms with van der Waals surface area (Å²) in [6, 6.07) is 6.02. The van der Waals surface area contributed by atoms with Crippen LogP contribution in [0, 0.1) is 6.92 Å². The van der Waals surface area contributed by atoms with Crippen LogP contribution in [0.3, 0.4) is 0 Å². The molecule has 0 aliphatic carbocycles. The Hall–Kier alpha value is -1.95. The zero-order chi connectivity index (χ0) is 21.0. The molecule has 1 fully saturated rings. The number of carbonyl (C=O) groups is 2. The van der Waals surface area contributed by atoms with Crippen molar-refractivity contribution in [3.05, 3.63) is 35.5 Å². The summed E-state index contributed by atoms with van der Waals surface area (Å²) in [5, 5.41) is 3.07. The summed E-state index contributed by atoms with van der Waals surface area (Å²) in [4.78, 5) is 28.0. The van der Waals surface area contributed by atoms with Crippen LogP contribution in [0.5, 0.6) is 0 Å². The highest BCUT2D eigenvalue weighted by Gasteiger charge is 2.26. The molecule has 0 spiro atoms. The van der Waals surface area contributed by atoms with Crippen molar-refractivity contribution in [1.29, 1.82) is 0 Å². The summed E-state index contributed by atoms with van der Waals surface area (Å²) in [7, 11) is -3.62. The third kappa shape index (κ3) is 5.35. The molecule has 1 aromatic heterocycles. The standard InChI is InChI=1S/C18H22N4O4S3/c1-12-17(27-11-15(19)23)28-18(20-12)21-16(24)13-6-5-7-14(10-13)29(25,26)22-8-3-2-4-9-22/h5-7,10H,2-4,8-9,11H2,1H3,(H2,19,23)(H,20,21,24). The molecule has 0 saturated carbocycles. The van der Waals surface area contributed by atoms with Gasteiger partial charge in [0.25, 0.3) is 5.91 Å². The van der Waals surface area contributed by atoms with Crippen molar-refractivity contribution in [1.82, 2.24) is 9.29 Å². The Morgan fingerprint density at radius 1 is 1.28 bits per heavy atom. The second-order valence-electron chi connectivity index (χ2n) is 6.59. The van der Waals surface area contributed by atoms with Gasteiger partial charge in [-0.1, -0.05) is 23.8 Å². The van der Waals surface area contributed by atoms with Crippen LogP contribution in [0.4, 0.5) is 5.13 Å². The van der Waals surface area contributed by atoms with Crippen molar-refractivity contribution in [2.75, 3.05) is 24.2 Å². The van der Waals surface area contributed by atoms with Gasteiger partial charge in [0.2, 0.25) is 15.9 Å². The lowest BCUT2D eigenvalue weighted by Gasteiger charge is -2.26. The summed E-state index contributed by atoms with van der Waals surface area (Å²) < 4.78 is 27.9. The monoisotopic (exact) mass is 454 g/mol. The first kappa shape index (κ1) is 21.8. The summed E-state index contributed by atoms with van der Waals surface area (Å²) in [6.45, 7) is 2.78. The molecule has 0 radical (unpaired) electrons. The predicted molar refractivity (Wildman–Crippen MR) is 114 cm³/mol. The smallest absolute Gasteiger partial charge is 0.257 e. The molecule has 1 aliphatic heterocycles. The number of nitrogens with two attached hydrogens (primary N) is 1. The highest BCUT2D eigenvalue weighted by Crippen LogP contribution is 2.32. The number of benzene rings is 1. The van der Waals surface area contributed by atoms with E-state index in [9.17, 15) is 18.0 Å². The summed E-state index contributed by atoms with van der Waals surface area (Å²) >= 11 is 2.51. The van der Waals surface area contributed by atoms with Gasteiger partial charge < -0.3 is 5.73 Å². The van der Waals surface area contributed by atoms with E-state index in [-0.39, 0.29) is 16.2 Å². The van der Waals surface area contributed by atoms with E-state index < -0.39 is 21.8 Å². The highest BCUT2D eigenvalue weighted by atomic mass is 32.2. The Morgan fingerprint density at radius 3 is 2.69 bits per heavy atom. The fraction of sp³-hybridized carbons (Fsp3) is 0.389.